The molecule has 3 heterocycles. The van der Waals surface area contributed by atoms with Gasteiger partial charge in [-0.2, -0.15) is 5.10 Å². The van der Waals surface area contributed by atoms with Crippen molar-refractivity contribution in [3.63, 3.8) is 0 Å². The van der Waals surface area contributed by atoms with Crippen LogP contribution in [0.5, 0.6) is 0 Å². The summed E-state index contributed by atoms with van der Waals surface area (Å²) in [7, 11) is 1.85. The summed E-state index contributed by atoms with van der Waals surface area (Å²) in [6.07, 6.45) is 3.39. The zero-order valence-corrected chi connectivity index (χ0v) is 21.0. The van der Waals surface area contributed by atoms with Crippen LogP contribution in [0.2, 0.25) is 0 Å². The van der Waals surface area contributed by atoms with Crippen molar-refractivity contribution in [1.82, 2.24) is 24.6 Å². The normalized spacial score (nSPS) is 11.5. The van der Waals surface area contributed by atoms with E-state index in [2.05, 4.69) is 26.9 Å². The molecule has 0 saturated carbocycles. The minimum absolute atomic E-state index is 0.0793. The van der Waals surface area contributed by atoms with Gasteiger partial charge in [-0.3, -0.25) is 14.5 Å². The van der Waals surface area contributed by atoms with Gasteiger partial charge in [0.2, 0.25) is 0 Å². The molecule has 0 bridgehead atoms. The molecule has 0 aliphatic heterocycles. The predicted molar refractivity (Wildman–Crippen MR) is 138 cm³/mol. The summed E-state index contributed by atoms with van der Waals surface area (Å²) in [5, 5.41) is 15.8. The molecule has 35 heavy (non-hydrogen) atoms. The second-order valence-corrected chi connectivity index (χ2v) is 9.33. The van der Waals surface area contributed by atoms with Crippen molar-refractivity contribution in [1.29, 1.82) is 0 Å². The van der Waals surface area contributed by atoms with Gasteiger partial charge in [0.05, 0.1) is 34.9 Å². The maximum atomic E-state index is 13.6. The van der Waals surface area contributed by atoms with Crippen LogP contribution < -0.4 is 5.73 Å². The minimum Gasteiger partial charge on any atom is -0.383 e. The fraction of sp³-hybridized carbons (Fsp3) is 0.333. The first-order valence-corrected chi connectivity index (χ1v) is 11.5. The number of amides is 1. The topological polar surface area (TPSA) is 110 Å². The number of nitrogens with two attached hydrogens (primary N) is 1. The van der Waals surface area contributed by atoms with E-state index in [4.69, 9.17) is 5.73 Å². The van der Waals surface area contributed by atoms with Crippen molar-refractivity contribution in [3.05, 3.63) is 58.5 Å². The van der Waals surface area contributed by atoms with Gasteiger partial charge in [-0.05, 0) is 63.9 Å². The van der Waals surface area contributed by atoms with Crippen LogP contribution in [-0.4, -0.2) is 47.8 Å². The fourth-order valence-corrected chi connectivity index (χ4v) is 4.08. The third kappa shape index (κ3) is 4.81. The number of hydrogen-bond donors (Lipinski definition) is 2. The zero-order chi connectivity index (χ0) is 25.5. The molecule has 0 unspecified atom stereocenters. The lowest BCUT2D eigenvalue weighted by molar-refractivity contribution is 0.0750. The summed E-state index contributed by atoms with van der Waals surface area (Å²) in [5.41, 5.74) is 10.6. The summed E-state index contributed by atoms with van der Waals surface area (Å²) in [6, 6.07) is 5.72. The number of anilines is 1. The number of fused-ring (bicyclic) bond motifs is 3. The van der Waals surface area contributed by atoms with Gasteiger partial charge in [0, 0.05) is 36.3 Å². The molecule has 0 atom stereocenters. The monoisotopic (exact) mass is 470 g/mol. The Morgan fingerprint density at radius 2 is 1.91 bits per heavy atom. The van der Waals surface area contributed by atoms with E-state index in [9.17, 15) is 9.90 Å². The number of hydrogen-bond acceptors (Lipinski definition) is 6. The molecule has 0 aliphatic rings. The molecule has 1 aromatic carbocycles. The second-order valence-electron chi connectivity index (χ2n) is 9.33. The largest absolute Gasteiger partial charge is 0.383 e. The first kappa shape index (κ1) is 24.2. The van der Waals surface area contributed by atoms with Crippen molar-refractivity contribution in [2.75, 3.05) is 12.3 Å². The number of aliphatic hydroxyl groups is 1. The van der Waals surface area contributed by atoms with Crippen molar-refractivity contribution in [2.45, 2.75) is 46.8 Å². The van der Waals surface area contributed by atoms with Crippen LogP contribution in [0, 0.1) is 25.7 Å². The predicted octanol–water partition coefficient (Wildman–Crippen LogP) is 3.50. The Kier molecular flexibility index (Phi) is 6.22. The Morgan fingerprint density at radius 1 is 1.17 bits per heavy atom. The van der Waals surface area contributed by atoms with Gasteiger partial charge in [0.25, 0.3) is 5.91 Å². The van der Waals surface area contributed by atoms with Gasteiger partial charge >= 0.3 is 0 Å². The van der Waals surface area contributed by atoms with Gasteiger partial charge in [-0.25, -0.2) is 4.98 Å². The molecule has 4 rings (SSSR count). The molecule has 4 aromatic rings. The molecule has 1 amide bonds. The van der Waals surface area contributed by atoms with E-state index < -0.39 is 5.60 Å². The molecule has 8 heteroatoms. The van der Waals surface area contributed by atoms with Crippen LogP contribution in [0.1, 0.15) is 53.5 Å². The average Bonchev–Trinajstić information content (AvgIpc) is 3.18. The molecule has 3 N–H and O–H groups in total. The van der Waals surface area contributed by atoms with Crippen molar-refractivity contribution in [3.8, 4) is 11.8 Å². The van der Waals surface area contributed by atoms with Crippen molar-refractivity contribution < 1.29 is 9.90 Å². The van der Waals surface area contributed by atoms with Crippen LogP contribution in [0.4, 0.5) is 5.82 Å². The van der Waals surface area contributed by atoms with Crippen molar-refractivity contribution in [2.24, 2.45) is 7.05 Å². The number of nitrogen functional groups attached to an aromatic ring is 1. The Labute approximate surface area is 204 Å². The van der Waals surface area contributed by atoms with Crippen LogP contribution in [0.15, 0.2) is 30.6 Å². The third-order valence-corrected chi connectivity index (χ3v) is 5.98. The molecule has 0 radical (unpaired) electrons. The van der Waals surface area contributed by atoms with Gasteiger partial charge in [0.15, 0.2) is 0 Å². The van der Waals surface area contributed by atoms with E-state index in [0.29, 0.717) is 24.5 Å². The van der Waals surface area contributed by atoms with E-state index in [0.717, 1.165) is 44.2 Å². The van der Waals surface area contributed by atoms with E-state index in [1.807, 2.05) is 46.0 Å². The zero-order valence-electron chi connectivity index (χ0n) is 21.0. The Bertz CT molecular complexity index is 1520. The minimum atomic E-state index is -1.07. The van der Waals surface area contributed by atoms with Gasteiger partial charge in [0.1, 0.15) is 11.4 Å². The molecule has 0 spiro atoms. The first-order valence-electron chi connectivity index (χ1n) is 11.5. The number of carbonyl (C=O) groups excluding carboxylic acids is 1. The highest BCUT2D eigenvalue weighted by molar-refractivity contribution is 6.10. The Hall–Kier alpha value is -3.96. The molecule has 0 saturated heterocycles. The number of rotatable bonds is 4. The third-order valence-electron chi connectivity index (χ3n) is 5.98. The first-order chi connectivity index (χ1) is 16.5. The van der Waals surface area contributed by atoms with Crippen molar-refractivity contribution >= 4 is 33.5 Å². The van der Waals surface area contributed by atoms with Crippen LogP contribution >= 0.6 is 0 Å². The smallest absolute Gasteiger partial charge is 0.254 e. The Balaban J connectivity index is 1.68. The van der Waals surface area contributed by atoms with E-state index in [1.54, 1.807) is 35.8 Å². The summed E-state index contributed by atoms with van der Waals surface area (Å²) >= 11 is 0. The van der Waals surface area contributed by atoms with E-state index >= 15 is 0 Å². The molecule has 0 aliphatic carbocycles. The molecule has 8 nitrogen and oxygen atoms in total. The molecule has 180 valence electrons. The highest BCUT2D eigenvalue weighted by atomic mass is 16.3. The van der Waals surface area contributed by atoms with Gasteiger partial charge in [-0.1, -0.05) is 11.8 Å². The lowest BCUT2D eigenvalue weighted by Gasteiger charge is -2.22. The van der Waals surface area contributed by atoms with Crippen LogP contribution in [-0.2, 0) is 13.6 Å². The number of benzene rings is 1. The molecular formula is C27H30N6O2. The maximum Gasteiger partial charge on any atom is 0.254 e. The standard InChI is InChI=1S/C27H30N6O2/c1-7-33(15-19-10-16(2)18(13-29-19)8-9-27(4,5)35)26(34)20-12-21-23(11-17(20)3)31-25(28)22-14-30-32(6)24(21)22/h10-14,35H,7,15H2,1-6H3,(H2,28,31). The van der Waals surface area contributed by atoms with Gasteiger partial charge < -0.3 is 15.7 Å². The summed E-state index contributed by atoms with van der Waals surface area (Å²) in [6.45, 7) is 9.98. The van der Waals surface area contributed by atoms with Crippen LogP contribution in [0.3, 0.4) is 0 Å². The lowest BCUT2D eigenvalue weighted by atomic mass is 10.0. The maximum absolute atomic E-state index is 13.6. The number of nitrogens with zero attached hydrogens (tertiary/aromatic N) is 5. The SMILES string of the molecule is CCN(Cc1cc(C)c(C#CC(C)(C)O)cn1)C(=O)c1cc2c(cc1C)nc(N)c1cnn(C)c12. The summed E-state index contributed by atoms with van der Waals surface area (Å²) < 4.78 is 1.76. The van der Waals surface area contributed by atoms with E-state index in [1.165, 1.54) is 0 Å². The quantitative estimate of drug-likeness (QED) is 0.442. The summed E-state index contributed by atoms with van der Waals surface area (Å²) in [4.78, 5) is 24.4. The summed E-state index contributed by atoms with van der Waals surface area (Å²) in [5.74, 6) is 6.13. The highest BCUT2D eigenvalue weighted by Gasteiger charge is 2.20. The number of aryl methyl sites for hydroxylation is 3. The number of aromatic nitrogens is 4. The van der Waals surface area contributed by atoms with E-state index in [-0.39, 0.29) is 5.91 Å². The highest BCUT2D eigenvalue weighted by Crippen LogP contribution is 2.30. The molecular weight excluding hydrogens is 440 g/mol. The van der Waals surface area contributed by atoms with Crippen LogP contribution in [0.25, 0.3) is 21.8 Å². The molecule has 0 fully saturated rings. The molecule has 3 aromatic heterocycles. The number of carbonyl (C=O) groups is 1. The average molecular weight is 471 g/mol. The fourth-order valence-electron chi connectivity index (χ4n) is 4.08. The second kappa shape index (κ2) is 9.01. The van der Waals surface area contributed by atoms with Gasteiger partial charge in [-0.15, -0.1) is 0 Å². The Morgan fingerprint density at radius 3 is 2.57 bits per heavy atom. The number of pyridine rings is 2. The lowest BCUT2D eigenvalue weighted by Crippen LogP contribution is -2.31.